The van der Waals surface area contributed by atoms with Crippen LogP contribution in [0.25, 0.3) is 0 Å². The fourth-order valence-electron chi connectivity index (χ4n) is 1.96. The Morgan fingerprint density at radius 2 is 1.86 bits per heavy atom. The molecule has 1 aromatic carbocycles. The third-order valence-corrected chi connectivity index (χ3v) is 3.08. The Balaban J connectivity index is 1.80. The summed E-state index contributed by atoms with van der Waals surface area (Å²) < 4.78 is 5.00. The smallest absolute Gasteiger partial charge is 0.249 e. The molecule has 0 unspecified atom stereocenters. The summed E-state index contributed by atoms with van der Waals surface area (Å²) in [5, 5.41) is 18.0. The molecule has 0 radical (unpaired) electrons. The molecule has 0 spiro atoms. The number of nitrogens with one attached hydrogen (secondary N) is 2. The van der Waals surface area contributed by atoms with Crippen LogP contribution in [0.4, 0.5) is 23.3 Å². The largest absolute Gasteiger partial charge is 0.360 e. The lowest BCUT2D eigenvalue weighted by Crippen LogP contribution is -2.03. The van der Waals surface area contributed by atoms with E-state index in [1.54, 1.807) is 6.07 Å². The average Bonchev–Trinajstić information content (AvgIpc) is 2.88. The molecule has 0 aliphatic rings. The number of nitrogens with zero attached hydrogens (tertiary/aromatic N) is 4. The normalized spacial score (nSPS) is 10.5. The lowest BCUT2D eigenvalue weighted by Gasteiger charge is -2.09. The maximum absolute atomic E-state index is 5.00. The summed E-state index contributed by atoms with van der Waals surface area (Å²) in [5.74, 6) is 2.25. The molecule has 0 saturated carbocycles. The summed E-state index contributed by atoms with van der Waals surface area (Å²) in [5.41, 5.74) is 3.23. The zero-order valence-electron chi connectivity index (χ0n) is 12.6. The fourth-order valence-corrected chi connectivity index (χ4v) is 1.96. The summed E-state index contributed by atoms with van der Waals surface area (Å²) in [6, 6.07) is 7.93. The predicted octanol–water partition coefficient (Wildman–Crippen LogP) is 3.27. The van der Waals surface area contributed by atoms with Crippen molar-refractivity contribution in [2.45, 2.75) is 20.8 Å². The van der Waals surface area contributed by atoms with Crippen LogP contribution in [0.2, 0.25) is 0 Å². The Labute approximate surface area is 127 Å². The standard InChI is InChI=1S/C15H16N6O/c1-9-4-5-10(2)12(6-9)17-15-19-14(8-16-20-15)18-13-7-11(3)22-21-13/h4-8H,1-3H3,(H2,17,18,19,20,21). The quantitative estimate of drug-likeness (QED) is 0.763. The van der Waals surface area contributed by atoms with Gasteiger partial charge in [-0.25, -0.2) is 0 Å². The molecule has 2 heterocycles. The van der Waals surface area contributed by atoms with Crippen molar-refractivity contribution in [3.8, 4) is 0 Å². The van der Waals surface area contributed by atoms with E-state index in [2.05, 4.69) is 37.0 Å². The van der Waals surface area contributed by atoms with E-state index in [1.807, 2.05) is 32.9 Å². The van der Waals surface area contributed by atoms with Crippen LogP contribution in [0.3, 0.4) is 0 Å². The van der Waals surface area contributed by atoms with E-state index in [1.165, 1.54) is 6.20 Å². The van der Waals surface area contributed by atoms with Crippen LogP contribution in [0.5, 0.6) is 0 Å². The number of aromatic nitrogens is 4. The maximum Gasteiger partial charge on any atom is 0.249 e. The van der Waals surface area contributed by atoms with E-state index in [-0.39, 0.29) is 0 Å². The predicted molar refractivity (Wildman–Crippen MR) is 83.5 cm³/mol. The van der Waals surface area contributed by atoms with Crippen LogP contribution in [-0.4, -0.2) is 20.3 Å². The van der Waals surface area contributed by atoms with Crippen LogP contribution in [0.15, 0.2) is 35.0 Å². The fraction of sp³-hybridized carbons (Fsp3) is 0.200. The maximum atomic E-state index is 5.00. The Bertz CT molecular complexity index is 798. The molecular formula is C15H16N6O. The minimum Gasteiger partial charge on any atom is -0.360 e. The third-order valence-electron chi connectivity index (χ3n) is 3.08. The molecule has 0 bridgehead atoms. The highest BCUT2D eigenvalue weighted by atomic mass is 16.5. The van der Waals surface area contributed by atoms with Crippen LogP contribution in [0, 0.1) is 20.8 Å². The van der Waals surface area contributed by atoms with Gasteiger partial charge in [-0.05, 0) is 38.0 Å². The third kappa shape index (κ3) is 3.20. The molecule has 7 heteroatoms. The van der Waals surface area contributed by atoms with Crippen molar-refractivity contribution in [1.29, 1.82) is 0 Å². The number of anilines is 4. The second kappa shape index (κ2) is 5.80. The minimum absolute atomic E-state index is 0.416. The average molecular weight is 296 g/mol. The topological polar surface area (TPSA) is 88.8 Å². The Morgan fingerprint density at radius 1 is 1.00 bits per heavy atom. The summed E-state index contributed by atoms with van der Waals surface area (Å²) in [6.45, 7) is 5.88. The monoisotopic (exact) mass is 296 g/mol. The molecule has 112 valence electrons. The van der Waals surface area contributed by atoms with Gasteiger partial charge in [0.1, 0.15) is 5.76 Å². The molecule has 3 rings (SSSR count). The van der Waals surface area contributed by atoms with Gasteiger partial charge in [0, 0.05) is 11.8 Å². The Morgan fingerprint density at radius 3 is 2.64 bits per heavy atom. The Hall–Kier alpha value is -2.96. The lowest BCUT2D eigenvalue weighted by atomic mass is 10.1. The summed E-state index contributed by atoms with van der Waals surface area (Å²) in [4.78, 5) is 4.37. The van der Waals surface area contributed by atoms with Gasteiger partial charge >= 0.3 is 0 Å². The van der Waals surface area contributed by atoms with Crippen molar-refractivity contribution in [2.75, 3.05) is 10.6 Å². The zero-order valence-corrected chi connectivity index (χ0v) is 12.6. The van der Waals surface area contributed by atoms with Gasteiger partial charge in [-0.3, -0.25) is 0 Å². The van der Waals surface area contributed by atoms with Crippen molar-refractivity contribution >= 4 is 23.3 Å². The highest BCUT2D eigenvalue weighted by Crippen LogP contribution is 2.20. The first-order valence-electron chi connectivity index (χ1n) is 6.84. The highest BCUT2D eigenvalue weighted by molar-refractivity contribution is 5.60. The van der Waals surface area contributed by atoms with Gasteiger partial charge in [0.2, 0.25) is 5.95 Å². The second-order valence-corrected chi connectivity index (χ2v) is 5.06. The molecular weight excluding hydrogens is 280 g/mol. The SMILES string of the molecule is Cc1ccc(C)c(Nc2nncc(Nc3cc(C)on3)n2)c1. The molecule has 0 aliphatic heterocycles. The number of hydrogen-bond acceptors (Lipinski definition) is 7. The molecule has 7 nitrogen and oxygen atoms in total. The number of benzene rings is 1. The summed E-state index contributed by atoms with van der Waals surface area (Å²) >= 11 is 0. The highest BCUT2D eigenvalue weighted by Gasteiger charge is 2.06. The molecule has 0 fully saturated rings. The van der Waals surface area contributed by atoms with Crippen molar-refractivity contribution in [1.82, 2.24) is 20.3 Å². The number of aryl methyl sites for hydroxylation is 3. The molecule has 22 heavy (non-hydrogen) atoms. The van der Waals surface area contributed by atoms with Gasteiger partial charge in [0.15, 0.2) is 11.6 Å². The van der Waals surface area contributed by atoms with Gasteiger partial charge in [0.25, 0.3) is 0 Å². The number of hydrogen-bond donors (Lipinski definition) is 2. The van der Waals surface area contributed by atoms with Crippen LogP contribution < -0.4 is 10.6 Å². The summed E-state index contributed by atoms with van der Waals surface area (Å²) in [6.07, 6.45) is 1.53. The molecule has 2 aromatic heterocycles. The first-order chi connectivity index (χ1) is 10.6. The van der Waals surface area contributed by atoms with Crippen molar-refractivity contribution < 1.29 is 4.52 Å². The van der Waals surface area contributed by atoms with Gasteiger partial charge in [-0.15, -0.1) is 5.10 Å². The molecule has 0 amide bonds. The van der Waals surface area contributed by atoms with E-state index in [9.17, 15) is 0 Å². The van der Waals surface area contributed by atoms with E-state index in [0.29, 0.717) is 17.6 Å². The van der Waals surface area contributed by atoms with Gasteiger partial charge in [-0.2, -0.15) is 10.1 Å². The number of rotatable bonds is 4. The molecule has 0 aliphatic carbocycles. The summed E-state index contributed by atoms with van der Waals surface area (Å²) in [7, 11) is 0. The van der Waals surface area contributed by atoms with E-state index < -0.39 is 0 Å². The minimum atomic E-state index is 0.416. The molecule has 3 aromatic rings. The van der Waals surface area contributed by atoms with Crippen molar-refractivity contribution in [3.05, 3.63) is 47.3 Å². The van der Waals surface area contributed by atoms with Crippen LogP contribution in [-0.2, 0) is 0 Å². The van der Waals surface area contributed by atoms with Crippen molar-refractivity contribution in [3.63, 3.8) is 0 Å². The zero-order chi connectivity index (χ0) is 15.5. The lowest BCUT2D eigenvalue weighted by molar-refractivity contribution is 0.400. The first kappa shape index (κ1) is 14.0. The molecule has 0 atom stereocenters. The van der Waals surface area contributed by atoms with Crippen molar-refractivity contribution in [2.24, 2.45) is 0 Å². The van der Waals surface area contributed by atoms with E-state index in [4.69, 9.17) is 4.52 Å². The molecule has 0 saturated heterocycles. The van der Waals surface area contributed by atoms with Crippen LogP contribution >= 0.6 is 0 Å². The van der Waals surface area contributed by atoms with Gasteiger partial charge in [-0.1, -0.05) is 17.3 Å². The van der Waals surface area contributed by atoms with Gasteiger partial charge in [0.05, 0.1) is 6.20 Å². The van der Waals surface area contributed by atoms with Crippen LogP contribution in [0.1, 0.15) is 16.9 Å². The van der Waals surface area contributed by atoms with Gasteiger partial charge < -0.3 is 15.2 Å². The molecule has 2 N–H and O–H groups in total. The Kier molecular flexibility index (Phi) is 3.69. The van der Waals surface area contributed by atoms with E-state index >= 15 is 0 Å². The first-order valence-corrected chi connectivity index (χ1v) is 6.84. The second-order valence-electron chi connectivity index (χ2n) is 5.06. The van der Waals surface area contributed by atoms with E-state index in [0.717, 1.165) is 22.6 Å².